The lowest BCUT2D eigenvalue weighted by Crippen LogP contribution is -2.31. The van der Waals surface area contributed by atoms with Crippen molar-refractivity contribution in [3.8, 4) is 0 Å². The molecule has 0 radical (unpaired) electrons. The molecule has 20 heavy (non-hydrogen) atoms. The van der Waals surface area contributed by atoms with Gasteiger partial charge in [-0.1, -0.05) is 19.4 Å². The molecule has 0 heterocycles. The minimum Gasteiger partial charge on any atom is -0.393 e. The fourth-order valence-electron chi connectivity index (χ4n) is 3.02. The van der Waals surface area contributed by atoms with Gasteiger partial charge >= 0.3 is 0 Å². The van der Waals surface area contributed by atoms with Gasteiger partial charge in [0.25, 0.3) is 0 Å². The first-order chi connectivity index (χ1) is 9.60. The predicted molar refractivity (Wildman–Crippen MR) is 75.4 cm³/mol. The molecule has 2 nitrogen and oxygen atoms in total. The molecule has 1 aromatic rings. The maximum Gasteiger partial charge on any atom is 0.130 e. The van der Waals surface area contributed by atoms with Crippen LogP contribution in [0.15, 0.2) is 18.2 Å². The number of aliphatic hydroxyl groups is 1. The summed E-state index contributed by atoms with van der Waals surface area (Å²) in [7, 11) is 0. The quantitative estimate of drug-likeness (QED) is 0.866. The Morgan fingerprint density at radius 1 is 1.35 bits per heavy atom. The van der Waals surface area contributed by atoms with E-state index < -0.39 is 11.6 Å². The summed E-state index contributed by atoms with van der Waals surface area (Å²) >= 11 is 0. The van der Waals surface area contributed by atoms with Gasteiger partial charge in [-0.2, -0.15) is 0 Å². The summed E-state index contributed by atoms with van der Waals surface area (Å²) in [5.41, 5.74) is 0.519. The van der Waals surface area contributed by atoms with Crippen LogP contribution in [0.4, 0.5) is 8.78 Å². The average molecular weight is 283 g/mol. The summed E-state index contributed by atoms with van der Waals surface area (Å²) in [6.45, 7) is 2.75. The second-order valence-electron chi connectivity index (χ2n) is 5.72. The first kappa shape index (κ1) is 15.4. The fourth-order valence-corrected chi connectivity index (χ4v) is 3.02. The van der Waals surface area contributed by atoms with Crippen molar-refractivity contribution >= 4 is 0 Å². The maximum atomic E-state index is 13.8. The Labute approximate surface area is 119 Å². The van der Waals surface area contributed by atoms with E-state index in [1.54, 1.807) is 0 Å². The summed E-state index contributed by atoms with van der Waals surface area (Å²) < 4.78 is 26.7. The average Bonchev–Trinajstić information content (AvgIpc) is 2.41. The molecule has 2 N–H and O–H groups in total. The largest absolute Gasteiger partial charge is 0.393 e. The number of halogens is 2. The molecule has 0 bridgehead atoms. The lowest BCUT2D eigenvalue weighted by Gasteiger charge is -2.28. The van der Waals surface area contributed by atoms with Gasteiger partial charge in [0, 0.05) is 17.7 Å². The van der Waals surface area contributed by atoms with E-state index in [4.69, 9.17) is 0 Å². The summed E-state index contributed by atoms with van der Waals surface area (Å²) in [6.07, 6.45) is 4.41. The lowest BCUT2D eigenvalue weighted by atomic mass is 9.87. The molecular formula is C16H23F2NO. The monoisotopic (exact) mass is 283 g/mol. The van der Waals surface area contributed by atoms with Gasteiger partial charge in [0.2, 0.25) is 0 Å². The Hall–Kier alpha value is -1.00. The van der Waals surface area contributed by atoms with Crippen LogP contribution >= 0.6 is 0 Å². The van der Waals surface area contributed by atoms with Crippen LogP contribution in [0.3, 0.4) is 0 Å². The number of aliphatic hydroxyl groups excluding tert-OH is 1. The molecule has 0 aromatic heterocycles. The molecule has 3 atom stereocenters. The Bertz CT molecular complexity index is 438. The van der Waals surface area contributed by atoms with Gasteiger partial charge in [0.15, 0.2) is 0 Å². The molecule has 1 aromatic carbocycles. The van der Waals surface area contributed by atoms with Crippen LogP contribution in [0.2, 0.25) is 0 Å². The van der Waals surface area contributed by atoms with E-state index in [0.717, 1.165) is 44.7 Å². The second-order valence-corrected chi connectivity index (χ2v) is 5.72. The van der Waals surface area contributed by atoms with Crippen LogP contribution in [-0.4, -0.2) is 17.8 Å². The molecule has 112 valence electrons. The fraction of sp³-hybridized carbons (Fsp3) is 0.625. The van der Waals surface area contributed by atoms with Gasteiger partial charge in [-0.3, -0.25) is 0 Å². The third-order valence-electron chi connectivity index (χ3n) is 4.15. The number of rotatable bonds is 5. The van der Waals surface area contributed by atoms with Gasteiger partial charge in [0.05, 0.1) is 6.10 Å². The normalized spacial score (nSPS) is 24.6. The van der Waals surface area contributed by atoms with Crippen LogP contribution in [0.1, 0.15) is 50.6 Å². The van der Waals surface area contributed by atoms with E-state index in [1.807, 2.05) is 6.92 Å². The molecule has 1 saturated carbocycles. The maximum absolute atomic E-state index is 13.8. The topological polar surface area (TPSA) is 32.3 Å². The summed E-state index contributed by atoms with van der Waals surface area (Å²) in [4.78, 5) is 0. The Morgan fingerprint density at radius 3 is 2.80 bits per heavy atom. The first-order valence-corrected chi connectivity index (χ1v) is 7.46. The number of benzene rings is 1. The van der Waals surface area contributed by atoms with E-state index >= 15 is 0 Å². The molecule has 3 unspecified atom stereocenters. The first-order valence-electron chi connectivity index (χ1n) is 7.46. The highest BCUT2D eigenvalue weighted by Crippen LogP contribution is 2.26. The van der Waals surface area contributed by atoms with Crippen molar-refractivity contribution < 1.29 is 13.9 Å². The Kier molecular flexibility index (Phi) is 5.49. The number of hydrogen-bond acceptors (Lipinski definition) is 2. The standard InChI is InChI=1S/C16H23F2NO/c1-2-16(14-7-6-12(17)9-15(14)18)19-10-11-4-3-5-13(20)8-11/h6-7,9,11,13,16,19-20H,2-5,8,10H2,1H3. The molecule has 1 fully saturated rings. The zero-order valence-corrected chi connectivity index (χ0v) is 11.9. The SMILES string of the molecule is CCC(NCC1CCCC(O)C1)c1ccc(F)cc1F. The third kappa shape index (κ3) is 4.00. The van der Waals surface area contributed by atoms with Crippen molar-refractivity contribution in [1.82, 2.24) is 5.32 Å². The van der Waals surface area contributed by atoms with Crippen molar-refractivity contribution in [1.29, 1.82) is 0 Å². The van der Waals surface area contributed by atoms with Gasteiger partial charge < -0.3 is 10.4 Å². The predicted octanol–water partition coefficient (Wildman–Crippen LogP) is 3.56. The van der Waals surface area contributed by atoms with Crippen LogP contribution in [0, 0.1) is 17.6 Å². The van der Waals surface area contributed by atoms with Crippen LogP contribution in [0.25, 0.3) is 0 Å². The Balaban J connectivity index is 1.94. The molecule has 4 heteroatoms. The summed E-state index contributed by atoms with van der Waals surface area (Å²) in [6, 6.07) is 3.65. The van der Waals surface area contributed by atoms with E-state index in [2.05, 4.69) is 5.32 Å². The van der Waals surface area contributed by atoms with Gasteiger partial charge in [-0.25, -0.2) is 8.78 Å². The van der Waals surface area contributed by atoms with Crippen molar-refractivity contribution in [3.63, 3.8) is 0 Å². The molecule has 0 amide bonds. The zero-order chi connectivity index (χ0) is 14.5. The van der Waals surface area contributed by atoms with E-state index in [0.29, 0.717) is 11.5 Å². The smallest absolute Gasteiger partial charge is 0.130 e. The third-order valence-corrected chi connectivity index (χ3v) is 4.15. The van der Waals surface area contributed by atoms with E-state index in [1.165, 1.54) is 12.1 Å². The molecular weight excluding hydrogens is 260 g/mol. The highest BCUT2D eigenvalue weighted by Gasteiger charge is 2.22. The molecule has 2 rings (SSSR count). The van der Waals surface area contributed by atoms with E-state index in [9.17, 15) is 13.9 Å². The highest BCUT2D eigenvalue weighted by molar-refractivity contribution is 5.22. The second kappa shape index (κ2) is 7.14. The van der Waals surface area contributed by atoms with E-state index in [-0.39, 0.29) is 12.1 Å². The Morgan fingerprint density at radius 2 is 2.15 bits per heavy atom. The van der Waals surface area contributed by atoms with Gasteiger partial charge in [-0.05, 0) is 44.2 Å². The summed E-state index contributed by atoms with van der Waals surface area (Å²) in [5.74, 6) is -0.596. The van der Waals surface area contributed by atoms with Crippen LogP contribution in [0.5, 0.6) is 0 Å². The molecule has 0 saturated heterocycles. The van der Waals surface area contributed by atoms with Crippen LogP contribution in [-0.2, 0) is 0 Å². The van der Waals surface area contributed by atoms with Crippen molar-refractivity contribution in [3.05, 3.63) is 35.4 Å². The lowest BCUT2D eigenvalue weighted by molar-refractivity contribution is 0.0995. The molecule has 1 aliphatic rings. The molecule has 0 spiro atoms. The van der Waals surface area contributed by atoms with Crippen molar-refractivity contribution in [2.24, 2.45) is 5.92 Å². The van der Waals surface area contributed by atoms with Crippen molar-refractivity contribution in [2.45, 2.75) is 51.2 Å². The van der Waals surface area contributed by atoms with Crippen molar-refractivity contribution in [2.75, 3.05) is 6.54 Å². The van der Waals surface area contributed by atoms with Crippen LogP contribution < -0.4 is 5.32 Å². The minimum atomic E-state index is -0.545. The number of hydrogen-bond donors (Lipinski definition) is 2. The number of nitrogens with one attached hydrogen (secondary N) is 1. The van der Waals surface area contributed by atoms with Gasteiger partial charge in [-0.15, -0.1) is 0 Å². The van der Waals surface area contributed by atoms with Gasteiger partial charge in [0.1, 0.15) is 11.6 Å². The molecule has 0 aliphatic heterocycles. The zero-order valence-electron chi connectivity index (χ0n) is 11.9. The highest BCUT2D eigenvalue weighted by atomic mass is 19.1. The minimum absolute atomic E-state index is 0.102. The molecule has 1 aliphatic carbocycles. The summed E-state index contributed by atoms with van der Waals surface area (Å²) in [5, 5.41) is 13.0.